The average molecular weight is 477 g/mol. The molecule has 3 rings (SSSR count). The first-order valence-corrected chi connectivity index (χ1v) is 11.2. The summed E-state index contributed by atoms with van der Waals surface area (Å²) in [7, 11) is 1.53. The van der Waals surface area contributed by atoms with Crippen molar-refractivity contribution in [1.82, 2.24) is 0 Å². The maximum Gasteiger partial charge on any atom is 0.306 e. The molecule has 0 saturated heterocycles. The van der Waals surface area contributed by atoms with Crippen LogP contribution in [0.3, 0.4) is 0 Å². The van der Waals surface area contributed by atoms with E-state index in [2.05, 4.69) is 10.6 Å². The molecule has 0 saturated carbocycles. The van der Waals surface area contributed by atoms with E-state index in [4.69, 9.17) is 14.2 Å². The molecule has 3 aromatic carbocycles. The molecule has 0 unspecified atom stereocenters. The average Bonchev–Trinajstić information content (AvgIpc) is 2.84. The van der Waals surface area contributed by atoms with Crippen molar-refractivity contribution >= 4 is 29.2 Å². The van der Waals surface area contributed by atoms with Crippen LogP contribution in [0.1, 0.15) is 24.8 Å². The molecule has 0 bridgehead atoms. The number of ether oxygens (including phenoxy) is 3. The van der Waals surface area contributed by atoms with Gasteiger partial charge in [0.15, 0.2) is 6.61 Å². The molecule has 0 radical (unpaired) electrons. The molecule has 0 heterocycles. The van der Waals surface area contributed by atoms with Gasteiger partial charge in [-0.1, -0.05) is 18.2 Å². The highest BCUT2D eigenvalue weighted by Gasteiger charge is 2.10. The number of benzene rings is 3. The van der Waals surface area contributed by atoms with Crippen molar-refractivity contribution in [2.45, 2.75) is 26.2 Å². The van der Waals surface area contributed by atoms with E-state index in [0.29, 0.717) is 29.3 Å². The predicted octanol–water partition coefficient (Wildman–Crippen LogP) is 5.09. The van der Waals surface area contributed by atoms with E-state index < -0.39 is 18.5 Å². The fourth-order valence-electron chi connectivity index (χ4n) is 3.15. The Morgan fingerprint density at radius 1 is 0.743 bits per heavy atom. The number of carbonyl (C=O) groups excluding carboxylic acids is 3. The van der Waals surface area contributed by atoms with Crippen LogP contribution in [0.5, 0.6) is 17.2 Å². The molecule has 2 amide bonds. The smallest absolute Gasteiger partial charge is 0.306 e. The minimum Gasteiger partial charge on any atom is -0.497 e. The molecule has 0 aliphatic carbocycles. The van der Waals surface area contributed by atoms with Gasteiger partial charge in [-0.3, -0.25) is 14.4 Å². The molecular formula is C27H28N2O6. The number of esters is 1. The Morgan fingerprint density at radius 3 is 2.20 bits per heavy atom. The van der Waals surface area contributed by atoms with Crippen molar-refractivity contribution in [3.05, 3.63) is 78.4 Å². The van der Waals surface area contributed by atoms with Gasteiger partial charge >= 0.3 is 5.97 Å². The van der Waals surface area contributed by atoms with Crippen LogP contribution in [0.2, 0.25) is 0 Å². The van der Waals surface area contributed by atoms with Crippen LogP contribution in [-0.2, 0) is 19.1 Å². The zero-order valence-corrected chi connectivity index (χ0v) is 19.7. The molecule has 182 valence electrons. The van der Waals surface area contributed by atoms with Gasteiger partial charge in [-0.25, -0.2) is 0 Å². The summed E-state index contributed by atoms with van der Waals surface area (Å²) >= 11 is 0. The standard InChI is InChI=1S/C27H28N2O6/c1-19-6-3-9-24(16-19)35-22-14-12-20(13-15-22)28-25(30)10-5-11-27(32)34-18-26(31)29-21-7-4-8-23(17-21)33-2/h3-4,6-9,12-17H,5,10-11,18H2,1-2H3,(H,28,30)(H,29,31). The van der Waals surface area contributed by atoms with E-state index in [9.17, 15) is 14.4 Å². The largest absolute Gasteiger partial charge is 0.497 e. The molecule has 0 atom stereocenters. The number of hydrogen-bond donors (Lipinski definition) is 2. The monoisotopic (exact) mass is 476 g/mol. The van der Waals surface area contributed by atoms with Crippen molar-refractivity contribution < 1.29 is 28.6 Å². The van der Waals surface area contributed by atoms with Crippen LogP contribution in [0.25, 0.3) is 0 Å². The Labute approximate surface area is 204 Å². The zero-order valence-electron chi connectivity index (χ0n) is 19.7. The van der Waals surface area contributed by atoms with Crippen LogP contribution in [0.15, 0.2) is 72.8 Å². The molecular weight excluding hydrogens is 448 g/mol. The Morgan fingerprint density at radius 2 is 1.46 bits per heavy atom. The normalized spacial score (nSPS) is 10.2. The van der Waals surface area contributed by atoms with Gasteiger partial charge in [0.2, 0.25) is 5.91 Å². The third-order valence-corrected chi connectivity index (χ3v) is 4.87. The highest BCUT2D eigenvalue weighted by atomic mass is 16.5. The topological polar surface area (TPSA) is 103 Å². The van der Waals surface area contributed by atoms with E-state index >= 15 is 0 Å². The Hall–Kier alpha value is -4.33. The summed E-state index contributed by atoms with van der Waals surface area (Å²) in [6, 6.07) is 21.6. The number of carbonyl (C=O) groups is 3. The van der Waals surface area contributed by atoms with Crippen LogP contribution >= 0.6 is 0 Å². The van der Waals surface area contributed by atoms with Crippen molar-refractivity contribution in [2.75, 3.05) is 24.4 Å². The molecule has 8 heteroatoms. The molecule has 2 N–H and O–H groups in total. The fourth-order valence-corrected chi connectivity index (χ4v) is 3.15. The maximum absolute atomic E-state index is 12.2. The number of methoxy groups -OCH3 is 1. The van der Waals surface area contributed by atoms with Gasteiger partial charge in [-0.15, -0.1) is 0 Å². The second kappa shape index (κ2) is 12.8. The van der Waals surface area contributed by atoms with Crippen LogP contribution < -0.4 is 20.1 Å². The number of aryl methyl sites for hydroxylation is 1. The van der Waals surface area contributed by atoms with Crippen LogP contribution in [0, 0.1) is 6.92 Å². The van der Waals surface area contributed by atoms with Crippen molar-refractivity contribution in [3.63, 3.8) is 0 Å². The third kappa shape index (κ3) is 8.85. The lowest BCUT2D eigenvalue weighted by atomic mass is 10.2. The van der Waals surface area contributed by atoms with Crippen molar-refractivity contribution in [3.8, 4) is 17.2 Å². The Bertz CT molecular complexity index is 1160. The quantitative estimate of drug-likeness (QED) is 0.374. The first kappa shape index (κ1) is 25.3. The predicted molar refractivity (Wildman–Crippen MR) is 133 cm³/mol. The summed E-state index contributed by atoms with van der Waals surface area (Å²) in [6.07, 6.45) is 0.479. The minimum absolute atomic E-state index is 0.0309. The summed E-state index contributed by atoms with van der Waals surface area (Å²) < 4.78 is 15.9. The zero-order chi connectivity index (χ0) is 25.0. The fraction of sp³-hybridized carbons (Fsp3) is 0.222. The summed E-state index contributed by atoms with van der Waals surface area (Å²) in [6.45, 7) is 1.59. The minimum atomic E-state index is -0.545. The summed E-state index contributed by atoms with van der Waals surface area (Å²) in [5.74, 6) is 0.777. The third-order valence-electron chi connectivity index (χ3n) is 4.87. The van der Waals surface area contributed by atoms with Gasteiger partial charge in [0.25, 0.3) is 5.91 Å². The van der Waals surface area contributed by atoms with Crippen LogP contribution in [0.4, 0.5) is 11.4 Å². The first-order valence-electron chi connectivity index (χ1n) is 11.2. The van der Waals surface area contributed by atoms with Crippen LogP contribution in [-0.4, -0.2) is 31.5 Å². The molecule has 0 aromatic heterocycles. The Balaban J connectivity index is 1.33. The summed E-state index contributed by atoms with van der Waals surface area (Å²) in [5.41, 5.74) is 2.27. The van der Waals surface area contributed by atoms with E-state index in [-0.39, 0.29) is 18.7 Å². The number of amides is 2. The number of anilines is 2. The Kier molecular flexibility index (Phi) is 9.24. The molecule has 0 spiro atoms. The molecule has 0 aliphatic heterocycles. The summed E-state index contributed by atoms with van der Waals surface area (Å²) in [4.78, 5) is 36.0. The SMILES string of the molecule is COc1cccc(NC(=O)COC(=O)CCCC(=O)Nc2ccc(Oc3cccc(C)c3)cc2)c1. The molecule has 0 fully saturated rings. The number of rotatable bonds is 11. The molecule has 0 aliphatic rings. The van der Waals surface area contributed by atoms with Gasteiger partial charge in [0, 0.05) is 30.3 Å². The first-order chi connectivity index (χ1) is 16.9. The number of hydrogen-bond acceptors (Lipinski definition) is 6. The second-order valence-corrected chi connectivity index (χ2v) is 7.79. The second-order valence-electron chi connectivity index (χ2n) is 7.79. The van der Waals surface area contributed by atoms with Gasteiger partial charge in [0.05, 0.1) is 7.11 Å². The van der Waals surface area contributed by atoms with Gasteiger partial charge < -0.3 is 24.8 Å². The maximum atomic E-state index is 12.2. The molecule has 8 nitrogen and oxygen atoms in total. The van der Waals surface area contributed by atoms with Gasteiger partial charge in [0.1, 0.15) is 17.2 Å². The van der Waals surface area contributed by atoms with E-state index in [0.717, 1.165) is 11.3 Å². The van der Waals surface area contributed by atoms with Crippen molar-refractivity contribution in [2.24, 2.45) is 0 Å². The van der Waals surface area contributed by atoms with Gasteiger partial charge in [-0.2, -0.15) is 0 Å². The van der Waals surface area contributed by atoms with E-state index in [1.54, 1.807) is 48.5 Å². The van der Waals surface area contributed by atoms with E-state index in [1.165, 1.54) is 7.11 Å². The lowest BCUT2D eigenvalue weighted by Crippen LogP contribution is -2.21. The molecule has 3 aromatic rings. The van der Waals surface area contributed by atoms with Gasteiger partial charge in [-0.05, 0) is 67.4 Å². The highest BCUT2D eigenvalue weighted by molar-refractivity contribution is 5.93. The van der Waals surface area contributed by atoms with E-state index in [1.807, 2.05) is 31.2 Å². The number of nitrogens with one attached hydrogen (secondary N) is 2. The summed E-state index contributed by atoms with van der Waals surface area (Å²) in [5, 5.41) is 5.41. The van der Waals surface area contributed by atoms with Crippen molar-refractivity contribution in [1.29, 1.82) is 0 Å². The lowest BCUT2D eigenvalue weighted by Gasteiger charge is -2.09. The molecule has 35 heavy (non-hydrogen) atoms. The highest BCUT2D eigenvalue weighted by Crippen LogP contribution is 2.24. The lowest BCUT2D eigenvalue weighted by molar-refractivity contribution is -0.147.